The summed E-state index contributed by atoms with van der Waals surface area (Å²) in [4.78, 5) is 0. The first-order valence-corrected chi connectivity index (χ1v) is 7.21. The lowest BCUT2D eigenvalue weighted by Crippen LogP contribution is -2.06. The second kappa shape index (κ2) is 7.31. The van der Waals surface area contributed by atoms with Crippen molar-refractivity contribution in [1.82, 2.24) is 5.32 Å². The van der Waals surface area contributed by atoms with Crippen molar-refractivity contribution in [1.29, 1.82) is 0 Å². The lowest BCUT2D eigenvalue weighted by atomic mass is 10.2. The minimum atomic E-state index is 0.515. The van der Waals surface area contributed by atoms with Crippen LogP contribution in [0.3, 0.4) is 0 Å². The van der Waals surface area contributed by atoms with Gasteiger partial charge in [-0.25, -0.2) is 0 Å². The van der Waals surface area contributed by atoms with E-state index in [1.807, 2.05) is 49.5 Å². The van der Waals surface area contributed by atoms with Crippen molar-refractivity contribution in [3.05, 3.63) is 58.1 Å². The molecule has 0 heterocycles. The van der Waals surface area contributed by atoms with Gasteiger partial charge in [0, 0.05) is 6.54 Å². The highest BCUT2D eigenvalue weighted by molar-refractivity contribution is 9.10. The second-order valence-electron chi connectivity index (χ2n) is 4.41. The molecule has 0 fully saturated rings. The Bertz CT molecular complexity index is 558. The standard InChI is InChI=1S/C16H18BrNO2/c1-18-10-13-8-14(17)16(15(9-13)19-2)20-11-12-6-4-3-5-7-12/h3-9,18H,10-11H2,1-2H3. The molecule has 0 saturated carbocycles. The van der Waals surface area contributed by atoms with E-state index in [2.05, 4.69) is 21.2 Å². The smallest absolute Gasteiger partial charge is 0.175 e. The molecular weight excluding hydrogens is 318 g/mol. The number of hydrogen-bond acceptors (Lipinski definition) is 3. The number of benzene rings is 2. The number of hydrogen-bond donors (Lipinski definition) is 1. The Hall–Kier alpha value is -1.52. The Labute approximate surface area is 128 Å². The molecule has 20 heavy (non-hydrogen) atoms. The Morgan fingerprint density at radius 3 is 2.50 bits per heavy atom. The summed E-state index contributed by atoms with van der Waals surface area (Å²) in [6.45, 7) is 1.30. The molecule has 0 unspecified atom stereocenters. The summed E-state index contributed by atoms with van der Waals surface area (Å²) in [7, 11) is 3.57. The van der Waals surface area contributed by atoms with Crippen LogP contribution in [-0.4, -0.2) is 14.2 Å². The summed E-state index contributed by atoms with van der Waals surface area (Å²) in [6.07, 6.45) is 0. The summed E-state index contributed by atoms with van der Waals surface area (Å²) in [5, 5.41) is 3.12. The Balaban J connectivity index is 2.18. The van der Waals surface area contributed by atoms with Crippen LogP contribution in [0.4, 0.5) is 0 Å². The molecule has 0 aliphatic carbocycles. The van der Waals surface area contributed by atoms with Crippen molar-refractivity contribution >= 4 is 15.9 Å². The van der Waals surface area contributed by atoms with E-state index in [4.69, 9.17) is 9.47 Å². The first kappa shape index (κ1) is 14.9. The van der Waals surface area contributed by atoms with Gasteiger partial charge in [-0.3, -0.25) is 0 Å². The zero-order chi connectivity index (χ0) is 14.4. The molecule has 2 aromatic carbocycles. The molecule has 3 nitrogen and oxygen atoms in total. The highest BCUT2D eigenvalue weighted by Crippen LogP contribution is 2.37. The summed E-state index contributed by atoms with van der Waals surface area (Å²) >= 11 is 3.55. The van der Waals surface area contributed by atoms with Crippen LogP contribution in [-0.2, 0) is 13.2 Å². The third-order valence-corrected chi connectivity index (χ3v) is 3.49. The van der Waals surface area contributed by atoms with Gasteiger partial charge in [-0.05, 0) is 46.2 Å². The normalized spacial score (nSPS) is 10.3. The molecule has 0 atom stereocenters. The molecule has 4 heteroatoms. The zero-order valence-electron chi connectivity index (χ0n) is 11.7. The Morgan fingerprint density at radius 1 is 1.10 bits per heavy atom. The number of halogens is 1. The van der Waals surface area contributed by atoms with Gasteiger partial charge in [-0.15, -0.1) is 0 Å². The molecule has 0 radical (unpaired) electrons. The molecule has 0 aromatic heterocycles. The van der Waals surface area contributed by atoms with Gasteiger partial charge in [-0.1, -0.05) is 30.3 Å². The van der Waals surface area contributed by atoms with Crippen LogP contribution in [0.25, 0.3) is 0 Å². The van der Waals surface area contributed by atoms with Gasteiger partial charge in [0.1, 0.15) is 6.61 Å². The molecule has 2 aromatic rings. The maximum absolute atomic E-state index is 5.89. The average Bonchev–Trinajstić information content (AvgIpc) is 2.47. The SMILES string of the molecule is CNCc1cc(Br)c(OCc2ccccc2)c(OC)c1. The summed E-state index contributed by atoms with van der Waals surface area (Å²) in [5.74, 6) is 1.47. The lowest BCUT2D eigenvalue weighted by molar-refractivity contribution is 0.282. The molecule has 0 aliphatic heterocycles. The fourth-order valence-corrected chi connectivity index (χ4v) is 2.55. The molecule has 106 valence electrons. The van der Waals surface area contributed by atoms with Crippen molar-refractivity contribution in [3.8, 4) is 11.5 Å². The van der Waals surface area contributed by atoms with E-state index < -0.39 is 0 Å². The van der Waals surface area contributed by atoms with E-state index in [1.165, 1.54) is 0 Å². The number of rotatable bonds is 6. The largest absolute Gasteiger partial charge is 0.493 e. The second-order valence-corrected chi connectivity index (χ2v) is 5.27. The van der Waals surface area contributed by atoms with Crippen molar-refractivity contribution in [3.63, 3.8) is 0 Å². The van der Waals surface area contributed by atoms with E-state index in [0.717, 1.165) is 33.6 Å². The van der Waals surface area contributed by atoms with Gasteiger partial charge in [0.15, 0.2) is 11.5 Å². The van der Waals surface area contributed by atoms with Crippen LogP contribution in [0, 0.1) is 0 Å². The topological polar surface area (TPSA) is 30.5 Å². The fourth-order valence-electron chi connectivity index (χ4n) is 1.95. The van der Waals surface area contributed by atoms with Crippen LogP contribution in [0.15, 0.2) is 46.9 Å². The average molecular weight is 336 g/mol. The predicted molar refractivity (Wildman–Crippen MR) is 84.2 cm³/mol. The Kier molecular flexibility index (Phi) is 5.44. The Morgan fingerprint density at radius 2 is 1.85 bits per heavy atom. The van der Waals surface area contributed by atoms with Gasteiger partial charge < -0.3 is 14.8 Å². The minimum absolute atomic E-state index is 0.515. The minimum Gasteiger partial charge on any atom is -0.493 e. The number of methoxy groups -OCH3 is 1. The van der Waals surface area contributed by atoms with Gasteiger partial charge in [0.2, 0.25) is 0 Å². The van der Waals surface area contributed by atoms with Crippen LogP contribution >= 0.6 is 15.9 Å². The molecular formula is C16H18BrNO2. The molecule has 1 N–H and O–H groups in total. The monoisotopic (exact) mass is 335 g/mol. The van der Waals surface area contributed by atoms with Gasteiger partial charge in [0.05, 0.1) is 11.6 Å². The quantitative estimate of drug-likeness (QED) is 0.871. The maximum atomic E-state index is 5.89. The first-order chi connectivity index (χ1) is 9.74. The van der Waals surface area contributed by atoms with Crippen molar-refractivity contribution in [2.75, 3.05) is 14.2 Å². The van der Waals surface area contributed by atoms with Crippen LogP contribution in [0.5, 0.6) is 11.5 Å². The molecule has 0 bridgehead atoms. The molecule has 0 saturated heterocycles. The fraction of sp³-hybridized carbons (Fsp3) is 0.250. The first-order valence-electron chi connectivity index (χ1n) is 6.42. The van der Waals surface area contributed by atoms with E-state index in [9.17, 15) is 0 Å². The van der Waals surface area contributed by atoms with E-state index in [0.29, 0.717) is 6.61 Å². The maximum Gasteiger partial charge on any atom is 0.175 e. The van der Waals surface area contributed by atoms with Crippen LogP contribution in [0.1, 0.15) is 11.1 Å². The highest BCUT2D eigenvalue weighted by atomic mass is 79.9. The van der Waals surface area contributed by atoms with E-state index in [-0.39, 0.29) is 0 Å². The van der Waals surface area contributed by atoms with E-state index in [1.54, 1.807) is 7.11 Å². The lowest BCUT2D eigenvalue weighted by Gasteiger charge is -2.14. The summed E-state index contributed by atoms with van der Waals surface area (Å²) in [5.41, 5.74) is 2.27. The summed E-state index contributed by atoms with van der Waals surface area (Å²) in [6, 6.07) is 14.1. The molecule has 2 rings (SSSR count). The van der Waals surface area contributed by atoms with Gasteiger partial charge in [0.25, 0.3) is 0 Å². The zero-order valence-corrected chi connectivity index (χ0v) is 13.2. The number of ether oxygens (including phenoxy) is 2. The molecule has 0 amide bonds. The van der Waals surface area contributed by atoms with E-state index >= 15 is 0 Å². The van der Waals surface area contributed by atoms with Gasteiger partial charge in [-0.2, -0.15) is 0 Å². The van der Waals surface area contributed by atoms with Gasteiger partial charge >= 0.3 is 0 Å². The molecule has 0 aliphatic rings. The third-order valence-electron chi connectivity index (χ3n) is 2.90. The highest BCUT2D eigenvalue weighted by Gasteiger charge is 2.11. The van der Waals surface area contributed by atoms with Crippen molar-refractivity contribution in [2.45, 2.75) is 13.2 Å². The van der Waals surface area contributed by atoms with Crippen LogP contribution < -0.4 is 14.8 Å². The number of nitrogens with one attached hydrogen (secondary N) is 1. The van der Waals surface area contributed by atoms with Crippen molar-refractivity contribution < 1.29 is 9.47 Å². The predicted octanol–water partition coefficient (Wildman–Crippen LogP) is 3.76. The van der Waals surface area contributed by atoms with Crippen LogP contribution in [0.2, 0.25) is 0 Å². The van der Waals surface area contributed by atoms with Crippen molar-refractivity contribution in [2.24, 2.45) is 0 Å². The molecule has 0 spiro atoms. The third kappa shape index (κ3) is 3.74. The summed E-state index contributed by atoms with van der Waals surface area (Å²) < 4.78 is 12.2.